The van der Waals surface area contributed by atoms with Gasteiger partial charge in [-0.1, -0.05) is 42.1 Å². The van der Waals surface area contributed by atoms with Gasteiger partial charge in [0.25, 0.3) is 5.91 Å². The number of carbonyl (C=O) groups is 2. The maximum absolute atomic E-state index is 14.1. The van der Waals surface area contributed by atoms with Gasteiger partial charge in [-0.2, -0.15) is 0 Å². The summed E-state index contributed by atoms with van der Waals surface area (Å²) in [4.78, 5) is 32.9. The maximum atomic E-state index is 14.1. The van der Waals surface area contributed by atoms with Gasteiger partial charge in [0.05, 0.1) is 10.6 Å². The standard InChI is InChI=1S/C22H22FN3O2S/c1-24-10-12-25(13-11-24)21(27)15-26-18-8-4-5-9-19(18)29-20(22(26)28)14-16-6-2-3-7-17(16)23/h2-9,14H,10-13,15H2,1H3/b20-14-. The van der Waals surface area contributed by atoms with Gasteiger partial charge in [0.1, 0.15) is 12.4 Å². The Morgan fingerprint density at radius 2 is 1.76 bits per heavy atom. The van der Waals surface area contributed by atoms with Gasteiger partial charge in [-0.3, -0.25) is 14.5 Å². The molecule has 0 atom stereocenters. The summed E-state index contributed by atoms with van der Waals surface area (Å²) in [6.45, 7) is 2.95. The number of anilines is 1. The summed E-state index contributed by atoms with van der Waals surface area (Å²) in [6, 6.07) is 13.9. The monoisotopic (exact) mass is 411 g/mol. The molecule has 0 radical (unpaired) electrons. The first-order valence-corrected chi connectivity index (χ1v) is 10.4. The fourth-order valence-electron chi connectivity index (χ4n) is 3.44. The summed E-state index contributed by atoms with van der Waals surface area (Å²) in [5.41, 5.74) is 1.07. The number of halogens is 1. The SMILES string of the molecule is CN1CCN(C(=O)CN2C(=O)/C(=C/c3ccccc3F)Sc3ccccc32)CC1. The number of benzene rings is 2. The van der Waals surface area contributed by atoms with Crippen molar-refractivity contribution < 1.29 is 14.0 Å². The molecule has 0 aliphatic carbocycles. The summed E-state index contributed by atoms with van der Waals surface area (Å²) in [5.74, 6) is -0.731. The van der Waals surface area contributed by atoms with Crippen molar-refractivity contribution in [1.82, 2.24) is 9.80 Å². The van der Waals surface area contributed by atoms with Crippen LogP contribution in [0.2, 0.25) is 0 Å². The Hall–Kier alpha value is -2.64. The summed E-state index contributed by atoms with van der Waals surface area (Å²) >= 11 is 1.31. The maximum Gasteiger partial charge on any atom is 0.265 e. The van der Waals surface area contributed by atoms with E-state index < -0.39 is 0 Å². The van der Waals surface area contributed by atoms with Gasteiger partial charge < -0.3 is 9.80 Å². The second kappa shape index (κ2) is 8.39. The van der Waals surface area contributed by atoms with Crippen molar-refractivity contribution in [3.63, 3.8) is 0 Å². The Kier molecular flexibility index (Phi) is 5.69. The first-order valence-electron chi connectivity index (χ1n) is 9.54. The number of rotatable bonds is 3. The zero-order chi connectivity index (χ0) is 20.4. The van der Waals surface area contributed by atoms with Crippen molar-refractivity contribution in [1.29, 1.82) is 0 Å². The second-order valence-corrected chi connectivity index (χ2v) is 8.26. The van der Waals surface area contributed by atoms with Crippen molar-refractivity contribution >= 4 is 35.3 Å². The molecule has 0 spiro atoms. The number of piperazine rings is 1. The van der Waals surface area contributed by atoms with Crippen LogP contribution in [0.25, 0.3) is 6.08 Å². The van der Waals surface area contributed by atoms with Gasteiger partial charge >= 0.3 is 0 Å². The Morgan fingerprint density at radius 1 is 1.07 bits per heavy atom. The quantitative estimate of drug-likeness (QED) is 0.728. The molecule has 2 aromatic rings. The molecule has 2 aromatic carbocycles. The highest BCUT2D eigenvalue weighted by molar-refractivity contribution is 8.04. The van der Waals surface area contributed by atoms with Crippen molar-refractivity contribution in [3.05, 3.63) is 64.8 Å². The van der Waals surface area contributed by atoms with E-state index in [0.29, 0.717) is 23.6 Å². The minimum atomic E-state index is -0.382. The average molecular weight is 412 g/mol. The smallest absolute Gasteiger partial charge is 0.265 e. The molecule has 2 aliphatic rings. The van der Waals surface area contributed by atoms with Crippen LogP contribution in [0.3, 0.4) is 0 Å². The molecule has 0 unspecified atom stereocenters. The lowest BCUT2D eigenvalue weighted by atomic mass is 10.2. The molecule has 7 heteroatoms. The molecule has 1 saturated heterocycles. The van der Waals surface area contributed by atoms with Gasteiger partial charge in [0.15, 0.2) is 0 Å². The van der Waals surface area contributed by atoms with E-state index in [1.54, 1.807) is 29.2 Å². The van der Waals surface area contributed by atoms with Gasteiger partial charge in [-0.15, -0.1) is 0 Å². The Labute approximate surface area is 173 Å². The number of hydrogen-bond acceptors (Lipinski definition) is 4. The first-order chi connectivity index (χ1) is 14.0. The molecule has 0 bridgehead atoms. The Morgan fingerprint density at radius 3 is 2.52 bits per heavy atom. The molecule has 2 amide bonds. The lowest BCUT2D eigenvalue weighted by Crippen LogP contribution is -2.51. The van der Waals surface area contributed by atoms with Gasteiger partial charge in [-0.05, 0) is 31.3 Å². The third-order valence-corrected chi connectivity index (χ3v) is 6.25. The van der Waals surface area contributed by atoms with Gasteiger partial charge in [0, 0.05) is 36.6 Å². The summed E-state index contributed by atoms with van der Waals surface area (Å²) in [5, 5.41) is 0. The molecule has 2 aliphatic heterocycles. The van der Waals surface area contributed by atoms with Crippen molar-refractivity contribution in [3.8, 4) is 0 Å². The van der Waals surface area contributed by atoms with E-state index >= 15 is 0 Å². The number of likely N-dealkylation sites (N-methyl/N-ethyl adjacent to an activating group) is 1. The summed E-state index contributed by atoms with van der Waals surface area (Å²) in [6.07, 6.45) is 1.56. The largest absolute Gasteiger partial charge is 0.339 e. The van der Waals surface area contributed by atoms with E-state index in [2.05, 4.69) is 4.90 Å². The number of nitrogens with zero attached hydrogens (tertiary/aromatic N) is 3. The predicted molar refractivity (Wildman–Crippen MR) is 113 cm³/mol. The van der Waals surface area contributed by atoms with Crippen molar-refractivity contribution in [2.75, 3.05) is 44.7 Å². The highest BCUT2D eigenvalue weighted by atomic mass is 32.2. The normalized spacial score (nSPS) is 18.8. The molecule has 0 N–H and O–H groups in total. The minimum absolute atomic E-state index is 0.0191. The van der Waals surface area contributed by atoms with Crippen LogP contribution in [-0.4, -0.2) is 61.4 Å². The van der Waals surface area contributed by atoms with Crippen LogP contribution in [0.1, 0.15) is 5.56 Å². The number of hydrogen-bond donors (Lipinski definition) is 0. The molecular weight excluding hydrogens is 389 g/mol. The van der Waals surface area contributed by atoms with Crippen molar-refractivity contribution in [2.45, 2.75) is 4.90 Å². The lowest BCUT2D eigenvalue weighted by molar-refractivity contribution is -0.132. The predicted octanol–water partition coefficient (Wildman–Crippen LogP) is 3.08. The van der Waals surface area contributed by atoms with Crippen LogP contribution in [0.5, 0.6) is 0 Å². The van der Waals surface area contributed by atoms with Crippen LogP contribution in [-0.2, 0) is 9.59 Å². The van der Waals surface area contributed by atoms with Crippen LogP contribution in [0, 0.1) is 5.82 Å². The molecule has 4 rings (SSSR count). The number of fused-ring (bicyclic) bond motifs is 1. The number of thioether (sulfide) groups is 1. The molecule has 29 heavy (non-hydrogen) atoms. The molecule has 0 saturated carbocycles. The van der Waals surface area contributed by atoms with E-state index in [1.165, 1.54) is 22.7 Å². The fourth-order valence-corrected chi connectivity index (χ4v) is 4.49. The van der Waals surface area contributed by atoms with E-state index in [-0.39, 0.29) is 24.2 Å². The third-order valence-electron chi connectivity index (χ3n) is 5.17. The van der Waals surface area contributed by atoms with Crippen LogP contribution >= 0.6 is 11.8 Å². The zero-order valence-corrected chi connectivity index (χ0v) is 17.0. The third kappa shape index (κ3) is 4.21. The van der Waals surface area contributed by atoms with Crippen LogP contribution in [0.4, 0.5) is 10.1 Å². The first kappa shape index (κ1) is 19.7. The highest BCUT2D eigenvalue weighted by Gasteiger charge is 2.32. The topological polar surface area (TPSA) is 43.9 Å². The fraction of sp³-hybridized carbons (Fsp3) is 0.273. The van der Waals surface area contributed by atoms with Crippen LogP contribution < -0.4 is 4.90 Å². The number of carbonyl (C=O) groups excluding carboxylic acids is 2. The number of amides is 2. The molecule has 1 fully saturated rings. The molecule has 150 valence electrons. The number of para-hydroxylation sites is 1. The molecule has 2 heterocycles. The average Bonchev–Trinajstić information content (AvgIpc) is 2.73. The van der Waals surface area contributed by atoms with Gasteiger partial charge in [-0.25, -0.2) is 4.39 Å². The van der Waals surface area contributed by atoms with E-state index in [4.69, 9.17) is 0 Å². The zero-order valence-electron chi connectivity index (χ0n) is 16.2. The lowest BCUT2D eigenvalue weighted by Gasteiger charge is -2.35. The molecular formula is C22H22FN3O2S. The van der Waals surface area contributed by atoms with Gasteiger partial charge in [0.2, 0.25) is 5.91 Å². The Bertz CT molecular complexity index is 970. The van der Waals surface area contributed by atoms with E-state index in [9.17, 15) is 14.0 Å². The van der Waals surface area contributed by atoms with Crippen LogP contribution in [0.15, 0.2) is 58.3 Å². The van der Waals surface area contributed by atoms with E-state index in [1.807, 2.05) is 31.3 Å². The van der Waals surface area contributed by atoms with Crippen molar-refractivity contribution in [2.24, 2.45) is 0 Å². The highest BCUT2D eigenvalue weighted by Crippen LogP contribution is 2.42. The molecule has 0 aromatic heterocycles. The summed E-state index contributed by atoms with van der Waals surface area (Å²) in [7, 11) is 2.03. The second-order valence-electron chi connectivity index (χ2n) is 7.18. The minimum Gasteiger partial charge on any atom is -0.339 e. The molecule has 5 nitrogen and oxygen atoms in total. The Balaban J connectivity index is 1.62. The summed E-state index contributed by atoms with van der Waals surface area (Å²) < 4.78 is 14.1. The van der Waals surface area contributed by atoms with E-state index in [0.717, 1.165) is 23.7 Å².